The van der Waals surface area contributed by atoms with Gasteiger partial charge in [-0.2, -0.15) is 0 Å². The Balaban J connectivity index is 2.62. The van der Waals surface area contributed by atoms with E-state index in [1.54, 1.807) is 18.3 Å². The largest absolute Gasteiger partial charge is 0.394 e. The second kappa shape index (κ2) is 5.16. The van der Waals surface area contributed by atoms with Crippen molar-refractivity contribution in [2.24, 2.45) is 0 Å². The highest BCUT2D eigenvalue weighted by molar-refractivity contribution is 9.10. The molecule has 4 nitrogen and oxygen atoms in total. The smallest absolute Gasteiger partial charge is 0.127 e. The van der Waals surface area contributed by atoms with Crippen molar-refractivity contribution in [2.45, 2.75) is 6.04 Å². The highest BCUT2D eigenvalue weighted by Gasteiger charge is 2.05. The molecule has 1 heterocycles. The maximum absolute atomic E-state index is 8.79. The van der Waals surface area contributed by atoms with E-state index in [1.807, 2.05) is 0 Å². The van der Waals surface area contributed by atoms with Crippen LogP contribution in [0.15, 0.2) is 22.8 Å². The van der Waals surface area contributed by atoms with Crippen LogP contribution in [-0.4, -0.2) is 34.5 Å². The minimum Gasteiger partial charge on any atom is -0.394 e. The van der Waals surface area contributed by atoms with Crippen LogP contribution in [0.1, 0.15) is 0 Å². The van der Waals surface area contributed by atoms with E-state index in [9.17, 15) is 0 Å². The maximum atomic E-state index is 8.79. The molecular formula is C8H11BrN2O2. The first kappa shape index (κ1) is 10.4. The predicted octanol–water partition coefficient (Wildman–Crippen LogP) is 0.609. The molecule has 0 bridgehead atoms. The molecular weight excluding hydrogens is 236 g/mol. The van der Waals surface area contributed by atoms with Crippen LogP contribution >= 0.6 is 15.9 Å². The molecule has 13 heavy (non-hydrogen) atoms. The van der Waals surface area contributed by atoms with Gasteiger partial charge < -0.3 is 15.5 Å². The lowest BCUT2D eigenvalue weighted by Crippen LogP contribution is -2.28. The normalized spacial score (nSPS) is 10.5. The van der Waals surface area contributed by atoms with Crippen LogP contribution in [0.4, 0.5) is 5.82 Å². The summed E-state index contributed by atoms with van der Waals surface area (Å²) in [4.78, 5) is 4.01. The zero-order chi connectivity index (χ0) is 9.68. The van der Waals surface area contributed by atoms with Gasteiger partial charge in [-0.1, -0.05) is 15.9 Å². The lowest BCUT2D eigenvalue weighted by Gasteiger charge is -2.13. The topological polar surface area (TPSA) is 65.4 Å². The number of nitrogens with zero attached hydrogens (tertiary/aromatic N) is 1. The summed E-state index contributed by atoms with van der Waals surface area (Å²) in [6.45, 7) is -0.241. The zero-order valence-electron chi connectivity index (χ0n) is 6.94. The fourth-order valence-corrected chi connectivity index (χ4v) is 1.18. The van der Waals surface area contributed by atoms with Crippen molar-refractivity contribution in [3.63, 3.8) is 0 Å². The SMILES string of the molecule is OCC(CO)Nc1cc(Br)ccn1. The van der Waals surface area contributed by atoms with Crippen LogP contribution in [0.2, 0.25) is 0 Å². The quantitative estimate of drug-likeness (QED) is 0.729. The van der Waals surface area contributed by atoms with E-state index in [-0.39, 0.29) is 19.3 Å². The summed E-state index contributed by atoms with van der Waals surface area (Å²) in [5.74, 6) is 0.627. The summed E-state index contributed by atoms with van der Waals surface area (Å²) in [5, 5.41) is 20.5. The number of pyridine rings is 1. The van der Waals surface area contributed by atoms with Gasteiger partial charge in [-0.25, -0.2) is 4.98 Å². The van der Waals surface area contributed by atoms with Gasteiger partial charge >= 0.3 is 0 Å². The summed E-state index contributed by atoms with van der Waals surface area (Å²) < 4.78 is 0.902. The number of anilines is 1. The van der Waals surface area contributed by atoms with Gasteiger partial charge in [-0.3, -0.25) is 0 Å². The molecule has 0 atom stereocenters. The van der Waals surface area contributed by atoms with Crippen LogP contribution in [0.5, 0.6) is 0 Å². The van der Waals surface area contributed by atoms with Crippen LogP contribution in [-0.2, 0) is 0 Å². The van der Waals surface area contributed by atoms with Crippen molar-refractivity contribution >= 4 is 21.7 Å². The molecule has 0 aliphatic rings. The number of rotatable bonds is 4. The highest BCUT2D eigenvalue weighted by atomic mass is 79.9. The molecule has 72 valence electrons. The van der Waals surface area contributed by atoms with Crippen molar-refractivity contribution < 1.29 is 10.2 Å². The second-order valence-corrected chi connectivity index (χ2v) is 3.48. The van der Waals surface area contributed by atoms with Crippen molar-refractivity contribution in [2.75, 3.05) is 18.5 Å². The Morgan fingerprint density at radius 3 is 2.69 bits per heavy atom. The Bertz CT molecular complexity index is 266. The Morgan fingerprint density at radius 2 is 2.15 bits per heavy atom. The molecule has 0 amide bonds. The van der Waals surface area contributed by atoms with Crippen molar-refractivity contribution in [3.05, 3.63) is 22.8 Å². The minimum atomic E-state index is -0.359. The minimum absolute atomic E-state index is 0.120. The van der Waals surface area contributed by atoms with Crippen molar-refractivity contribution in [1.82, 2.24) is 4.98 Å². The predicted molar refractivity (Wildman–Crippen MR) is 53.5 cm³/mol. The van der Waals surface area contributed by atoms with Gasteiger partial charge in [0.2, 0.25) is 0 Å². The molecule has 1 aromatic heterocycles. The monoisotopic (exact) mass is 246 g/mol. The summed E-state index contributed by atoms with van der Waals surface area (Å²) in [5.41, 5.74) is 0. The summed E-state index contributed by atoms with van der Waals surface area (Å²) >= 11 is 3.29. The van der Waals surface area contributed by atoms with Gasteiger partial charge in [0.05, 0.1) is 19.3 Å². The number of hydrogen-bond acceptors (Lipinski definition) is 4. The molecule has 0 unspecified atom stereocenters. The van der Waals surface area contributed by atoms with E-state index in [0.29, 0.717) is 5.82 Å². The second-order valence-electron chi connectivity index (χ2n) is 2.57. The molecule has 0 saturated carbocycles. The Morgan fingerprint density at radius 1 is 1.46 bits per heavy atom. The van der Waals surface area contributed by atoms with Crippen LogP contribution < -0.4 is 5.32 Å². The molecule has 0 radical (unpaired) electrons. The van der Waals surface area contributed by atoms with E-state index < -0.39 is 0 Å². The molecule has 0 aliphatic heterocycles. The molecule has 0 aromatic carbocycles. The maximum Gasteiger partial charge on any atom is 0.127 e. The Hall–Kier alpha value is -0.650. The van der Waals surface area contributed by atoms with Gasteiger partial charge in [0.1, 0.15) is 5.82 Å². The molecule has 5 heteroatoms. The third-order valence-electron chi connectivity index (χ3n) is 1.51. The van der Waals surface area contributed by atoms with E-state index in [1.165, 1.54) is 0 Å². The fraction of sp³-hybridized carbons (Fsp3) is 0.375. The first-order valence-electron chi connectivity index (χ1n) is 3.86. The summed E-state index contributed by atoms with van der Waals surface area (Å²) in [6.07, 6.45) is 1.64. The number of aliphatic hydroxyl groups excluding tert-OH is 2. The summed E-state index contributed by atoms with van der Waals surface area (Å²) in [7, 11) is 0. The first-order valence-corrected chi connectivity index (χ1v) is 4.65. The van der Waals surface area contributed by atoms with E-state index >= 15 is 0 Å². The lowest BCUT2D eigenvalue weighted by molar-refractivity contribution is 0.203. The molecule has 3 N–H and O–H groups in total. The van der Waals surface area contributed by atoms with Gasteiger partial charge in [0.15, 0.2) is 0 Å². The van der Waals surface area contributed by atoms with Crippen molar-refractivity contribution in [3.8, 4) is 0 Å². The van der Waals surface area contributed by atoms with E-state index in [0.717, 1.165) is 4.47 Å². The zero-order valence-corrected chi connectivity index (χ0v) is 8.53. The number of hydrogen-bond donors (Lipinski definition) is 3. The van der Waals surface area contributed by atoms with Crippen molar-refractivity contribution in [1.29, 1.82) is 0 Å². The molecule has 0 spiro atoms. The standard InChI is InChI=1S/C8H11BrN2O2/c9-6-1-2-10-8(3-6)11-7(4-12)5-13/h1-3,7,12-13H,4-5H2,(H,10,11). The van der Waals surface area contributed by atoms with E-state index in [4.69, 9.17) is 10.2 Å². The van der Waals surface area contributed by atoms with Gasteiger partial charge in [0, 0.05) is 10.7 Å². The number of aliphatic hydroxyl groups is 2. The molecule has 0 aliphatic carbocycles. The average molecular weight is 247 g/mol. The highest BCUT2D eigenvalue weighted by Crippen LogP contribution is 2.13. The third kappa shape index (κ3) is 3.30. The van der Waals surface area contributed by atoms with E-state index in [2.05, 4.69) is 26.2 Å². The Kier molecular flexibility index (Phi) is 4.14. The molecule has 1 rings (SSSR count). The number of aromatic nitrogens is 1. The Labute approximate surface area is 84.8 Å². The summed E-state index contributed by atoms with van der Waals surface area (Å²) in [6, 6.07) is 3.22. The lowest BCUT2D eigenvalue weighted by atomic mass is 10.3. The van der Waals surface area contributed by atoms with Gasteiger partial charge in [-0.05, 0) is 12.1 Å². The van der Waals surface area contributed by atoms with Crippen LogP contribution in [0.3, 0.4) is 0 Å². The van der Waals surface area contributed by atoms with Gasteiger partial charge in [0.25, 0.3) is 0 Å². The molecule has 0 fully saturated rings. The number of nitrogens with one attached hydrogen (secondary N) is 1. The van der Waals surface area contributed by atoms with Crippen LogP contribution in [0.25, 0.3) is 0 Å². The first-order chi connectivity index (χ1) is 6.26. The number of halogens is 1. The third-order valence-corrected chi connectivity index (χ3v) is 2.01. The molecule has 1 aromatic rings. The average Bonchev–Trinajstić information content (AvgIpc) is 2.14. The van der Waals surface area contributed by atoms with Gasteiger partial charge in [-0.15, -0.1) is 0 Å². The van der Waals surface area contributed by atoms with Crippen LogP contribution in [0, 0.1) is 0 Å². The fourth-order valence-electron chi connectivity index (χ4n) is 0.842. The molecule has 0 saturated heterocycles.